The molecule has 0 aliphatic heterocycles. The van der Waals surface area contributed by atoms with Crippen molar-refractivity contribution in [1.29, 1.82) is 0 Å². The number of aliphatic hydroxyl groups excluding tert-OH is 1. The Balaban J connectivity index is 2.46. The van der Waals surface area contributed by atoms with Crippen LogP contribution in [0.2, 0.25) is 0 Å². The molecule has 2 N–H and O–H groups in total. The van der Waals surface area contributed by atoms with Gasteiger partial charge in [-0.15, -0.1) is 0 Å². The van der Waals surface area contributed by atoms with Gasteiger partial charge in [-0.2, -0.15) is 0 Å². The maximum atomic E-state index is 8.64. The minimum absolute atomic E-state index is 0.190. The van der Waals surface area contributed by atoms with Gasteiger partial charge in [0.2, 0.25) is 0 Å². The summed E-state index contributed by atoms with van der Waals surface area (Å²) < 4.78 is 5.10. The molecule has 0 bridgehead atoms. The zero-order valence-corrected chi connectivity index (χ0v) is 9.36. The average molecular weight is 209 g/mol. The third-order valence-electron chi connectivity index (χ3n) is 2.42. The number of ether oxygens (including phenoxy) is 1. The highest BCUT2D eigenvalue weighted by Gasteiger charge is 2.04. The van der Waals surface area contributed by atoms with Crippen LogP contribution in [0.1, 0.15) is 18.4 Å². The Kier molecular flexibility index (Phi) is 5.15. The Bertz CT molecular complexity index is 271. The van der Waals surface area contributed by atoms with E-state index in [0.717, 1.165) is 12.3 Å². The van der Waals surface area contributed by atoms with Crippen LogP contribution in [0.4, 0.5) is 0 Å². The molecule has 0 heterocycles. The normalized spacial score (nSPS) is 12.5. The summed E-state index contributed by atoms with van der Waals surface area (Å²) >= 11 is 0. The fraction of sp³-hybridized carbons (Fsp3) is 0.500. The minimum atomic E-state index is 0.190. The lowest BCUT2D eigenvalue weighted by Crippen LogP contribution is -2.23. The summed E-state index contributed by atoms with van der Waals surface area (Å²) in [5, 5.41) is 11.8. The SMILES string of the molecule is COc1ccc(C(C)CNCCO)cc1. The van der Waals surface area contributed by atoms with Gasteiger partial charge in [-0.3, -0.25) is 0 Å². The van der Waals surface area contributed by atoms with Crippen molar-refractivity contribution in [3.63, 3.8) is 0 Å². The molecule has 1 rings (SSSR count). The van der Waals surface area contributed by atoms with Crippen molar-refractivity contribution in [3.05, 3.63) is 29.8 Å². The molecule has 1 atom stereocenters. The number of nitrogens with one attached hydrogen (secondary N) is 1. The summed E-state index contributed by atoms with van der Waals surface area (Å²) in [4.78, 5) is 0. The van der Waals surface area contributed by atoms with Gasteiger partial charge in [-0.1, -0.05) is 19.1 Å². The van der Waals surface area contributed by atoms with Gasteiger partial charge in [0.15, 0.2) is 0 Å². The molecule has 3 heteroatoms. The molecule has 84 valence electrons. The Morgan fingerprint density at radius 1 is 1.33 bits per heavy atom. The lowest BCUT2D eigenvalue weighted by Gasteiger charge is -2.12. The summed E-state index contributed by atoms with van der Waals surface area (Å²) in [5.41, 5.74) is 1.28. The molecule has 1 aromatic rings. The molecule has 0 saturated heterocycles. The number of benzene rings is 1. The van der Waals surface area contributed by atoms with Crippen molar-refractivity contribution in [1.82, 2.24) is 5.32 Å². The third-order valence-corrected chi connectivity index (χ3v) is 2.42. The molecule has 0 fully saturated rings. The van der Waals surface area contributed by atoms with E-state index < -0.39 is 0 Å². The molecule has 0 amide bonds. The zero-order chi connectivity index (χ0) is 11.1. The highest BCUT2D eigenvalue weighted by atomic mass is 16.5. The first-order valence-electron chi connectivity index (χ1n) is 5.23. The van der Waals surface area contributed by atoms with Gasteiger partial charge in [0.25, 0.3) is 0 Å². The molecule has 0 aliphatic carbocycles. The molecular formula is C12H19NO2. The highest BCUT2D eigenvalue weighted by molar-refractivity contribution is 5.29. The fourth-order valence-corrected chi connectivity index (χ4v) is 1.45. The van der Waals surface area contributed by atoms with Gasteiger partial charge in [0, 0.05) is 13.1 Å². The van der Waals surface area contributed by atoms with E-state index in [1.165, 1.54) is 5.56 Å². The maximum Gasteiger partial charge on any atom is 0.118 e. The van der Waals surface area contributed by atoms with Crippen LogP contribution >= 0.6 is 0 Å². The quantitative estimate of drug-likeness (QED) is 0.695. The van der Waals surface area contributed by atoms with Gasteiger partial charge >= 0.3 is 0 Å². The molecule has 3 nitrogen and oxygen atoms in total. The number of methoxy groups -OCH3 is 1. The van der Waals surface area contributed by atoms with Crippen molar-refractivity contribution >= 4 is 0 Å². The predicted octanol–water partition coefficient (Wildman–Crippen LogP) is 1.38. The summed E-state index contributed by atoms with van der Waals surface area (Å²) in [7, 11) is 1.67. The fourth-order valence-electron chi connectivity index (χ4n) is 1.45. The van der Waals surface area contributed by atoms with E-state index in [1.807, 2.05) is 12.1 Å². The smallest absolute Gasteiger partial charge is 0.118 e. The molecule has 0 aromatic heterocycles. The Morgan fingerprint density at radius 2 is 2.00 bits per heavy atom. The Morgan fingerprint density at radius 3 is 2.53 bits per heavy atom. The average Bonchev–Trinajstić information content (AvgIpc) is 2.29. The van der Waals surface area contributed by atoms with Crippen molar-refractivity contribution in [2.24, 2.45) is 0 Å². The van der Waals surface area contributed by atoms with Crippen LogP contribution in [0, 0.1) is 0 Å². The van der Waals surface area contributed by atoms with E-state index in [1.54, 1.807) is 7.11 Å². The van der Waals surface area contributed by atoms with Crippen LogP contribution in [-0.2, 0) is 0 Å². The maximum absolute atomic E-state index is 8.64. The van der Waals surface area contributed by atoms with Crippen LogP contribution in [0.3, 0.4) is 0 Å². The van der Waals surface area contributed by atoms with Crippen LogP contribution < -0.4 is 10.1 Å². The molecule has 0 spiro atoms. The number of hydrogen-bond donors (Lipinski definition) is 2. The summed E-state index contributed by atoms with van der Waals surface area (Å²) in [5.74, 6) is 1.33. The van der Waals surface area contributed by atoms with Gasteiger partial charge in [-0.05, 0) is 23.6 Å². The van der Waals surface area contributed by atoms with E-state index in [2.05, 4.69) is 24.4 Å². The molecular weight excluding hydrogens is 190 g/mol. The largest absolute Gasteiger partial charge is 0.497 e. The monoisotopic (exact) mass is 209 g/mol. The van der Waals surface area contributed by atoms with Crippen LogP contribution in [-0.4, -0.2) is 31.9 Å². The molecule has 0 saturated carbocycles. The molecule has 1 unspecified atom stereocenters. The summed E-state index contributed by atoms with van der Waals surface area (Å²) in [6.07, 6.45) is 0. The second kappa shape index (κ2) is 6.43. The third kappa shape index (κ3) is 3.90. The standard InChI is InChI=1S/C12H19NO2/c1-10(9-13-7-8-14)11-3-5-12(15-2)6-4-11/h3-6,10,13-14H,7-9H2,1-2H3. The van der Waals surface area contributed by atoms with E-state index in [4.69, 9.17) is 9.84 Å². The zero-order valence-electron chi connectivity index (χ0n) is 9.36. The van der Waals surface area contributed by atoms with Crippen LogP contribution in [0.15, 0.2) is 24.3 Å². The van der Waals surface area contributed by atoms with Crippen molar-refractivity contribution in [2.75, 3.05) is 26.8 Å². The second-order valence-corrected chi connectivity index (χ2v) is 3.60. The van der Waals surface area contributed by atoms with Crippen molar-refractivity contribution in [2.45, 2.75) is 12.8 Å². The highest BCUT2D eigenvalue weighted by Crippen LogP contribution is 2.18. The Labute approximate surface area is 91.1 Å². The summed E-state index contributed by atoms with van der Waals surface area (Å²) in [6.45, 7) is 3.88. The van der Waals surface area contributed by atoms with E-state index >= 15 is 0 Å². The molecule has 15 heavy (non-hydrogen) atoms. The van der Waals surface area contributed by atoms with Gasteiger partial charge in [-0.25, -0.2) is 0 Å². The molecule has 0 radical (unpaired) electrons. The molecule has 0 aliphatic rings. The van der Waals surface area contributed by atoms with Crippen molar-refractivity contribution < 1.29 is 9.84 Å². The van der Waals surface area contributed by atoms with Gasteiger partial charge in [0.1, 0.15) is 5.75 Å². The predicted molar refractivity (Wildman–Crippen MR) is 61.4 cm³/mol. The van der Waals surface area contributed by atoms with E-state index in [-0.39, 0.29) is 6.61 Å². The topological polar surface area (TPSA) is 41.5 Å². The lowest BCUT2D eigenvalue weighted by atomic mass is 10.0. The van der Waals surface area contributed by atoms with Gasteiger partial charge < -0.3 is 15.2 Å². The number of rotatable bonds is 6. The number of hydrogen-bond acceptors (Lipinski definition) is 3. The summed E-state index contributed by atoms with van der Waals surface area (Å²) in [6, 6.07) is 8.09. The van der Waals surface area contributed by atoms with Gasteiger partial charge in [0.05, 0.1) is 13.7 Å². The first kappa shape index (κ1) is 12.0. The first-order valence-corrected chi connectivity index (χ1v) is 5.23. The molecule has 1 aromatic carbocycles. The minimum Gasteiger partial charge on any atom is -0.497 e. The number of aliphatic hydroxyl groups is 1. The first-order chi connectivity index (χ1) is 7.27. The van der Waals surface area contributed by atoms with E-state index in [9.17, 15) is 0 Å². The van der Waals surface area contributed by atoms with Crippen molar-refractivity contribution in [3.8, 4) is 5.75 Å². The van der Waals surface area contributed by atoms with Crippen LogP contribution in [0.25, 0.3) is 0 Å². The van der Waals surface area contributed by atoms with E-state index in [0.29, 0.717) is 12.5 Å². The second-order valence-electron chi connectivity index (χ2n) is 3.60. The lowest BCUT2D eigenvalue weighted by molar-refractivity contribution is 0.291. The Hall–Kier alpha value is -1.06. The van der Waals surface area contributed by atoms with Crippen LogP contribution in [0.5, 0.6) is 5.75 Å².